The van der Waals surface area contributed by atoms with Crippen LogP contribution in [-0.2, 0) is 26.2 Å². The summed E-state index contributed by atoms with van der Waals surface area (Å²) in [6.45, 7) is 6.19. The third-order valence-electron chi connectivity index (χ3n) is 4.38. The van der Waals surface area contributed by atoms with Gasteiger partial charge in [-0.05, 0) is 38.1 Å². The van der Waals surface area contributed by atoms with Gasteiger partial charge in [-0.15, -0.1) is 11.3 Å². The van der Waals surface area contributed by atoms with E-state index in [1.54, 1.807) is 19.9 Å². The Kier molecular flexibility index (Phi) is 5.94. The lowest BCUT2D eigenvalue weighted by molar-refractivity contribution is -0.0458. The summed E-state index contributed by atoms with van der Waals surface area (Å²) in [6.07, 6.45) is 1.75. The number of morpholine rings is 1. The zero-order chi connectivity index (χ0) is 17.2. The maximum atomic E-state index is 13.2. The molecule has 2 saturated heterocycles. The van der Waals surface area contributed by atoms with E-state index in [1.807, 2.05) is 31.4 Å². The smallest absolute Gasteiger partial charge is 0.282 e. The molecular formula is C16H26N2O4S2. The van der Waals surface area contributed by atoms with Gasteiger partial charge in [0.25, 0.3) is 10.2 Å². The molecule has 0 bridgehead atoms. The summed E-state index contributed by atoms with van der Waals surface area (Å²) < 4.78 is 41.0. The first-order valence-electron chi connectivity index (χ1n) is 8.50. The largest absolute Gasteiger partial charge is 0.377 e. The van der Waals surface area contributed by atoms with Crippen molar-refractivity contribution >= 4 is 21.5 Å². The van der Waals surface area contributed by atoms with E-state index >= 15 is 0 Å². The van der Waals surface area contributed by atoms with Crippen LogP contribution < -0.4 is 0 Å². The molecule has 3 rings (SSSR count). The molecule has 8 heteroatoms. The fraction of sp³-hybridized carbons (Fsp3) is 0.750. The van der Waals surface area contributed by atoms with Crippen molar-refractivity contribution in [3.63, 3.8) is 0 Å². The van der Waals surface area contributed by atoms with Gasteiger partial charge in [0, 0.05) is 37.7 Å². The van der Waals surface area contributed by atoms with Crippen LogP contribution in [0, 0.1) is 0 Å². The SMILES string of the molecule is C[C@@H]1CN(S(=O)(=O)N(Cc2cccs2)C[C@@H]2CCCO2)C[C@@H](C)O1. The topological polar surface area (TPSA) is 59.1 Å². The van der Waals surface area contributed by atoms with Crippen LogP contribution in [0.5, 0.6) is 0 Å². The highest BCUT2D eigenvalue weighted by Crippen LogP contribution is 2.23. The van der Waals surface area contributed by atoms with Crippen molar-refractivity contribution in [3.05, 3.63) is 22.4 Å². The number of ether oxygens (including phenoxy) is 2. The highest BCUT2D eigenvalue weighted by Gasteiger charge is 2.37. The van der Waals surface area contributed by atoms with E-state index in [1.165, 1.54) is 0 Å². The molecule has 24 heavy (non-hydrogen) atoms. The lowest BCUT2D eigenvalue weighted by Crippen LogP contribution is -2.53. The Morgan fingerprint density at radius 2 is 2.08 bits per heavy atom. The molecule has 2 aliphatic heterocycles. The monoisotopic (exact) mass is 374 g/mol. The standard InChI is InChI=1S/C16H26N2O4S2/c1-13-9-17(10-14(2)22-13)24(19,20)18(11-15-5-3-7-21-15)12-16-6-4-8-23-16/h4,6,8,13-15H,3,5,7,9-12H2,1-2H3/t13-,14-,15+/m1/s1. The van der Waals surface area contributed by atoms with Crippen molar-refractivity contribution in [2.24, 2.45) is 0 Å². The first-order valence-corrected chi connectivity index (χ1v) is 10.8. The maximum Gasteiger partial charge on any atom is 0.282 e. The Morgan fingerprint density at radius 1 is 1.33 bits per heavy atom. The molecule has 1 aromatic rings. The minimum atomic E-state index is -3.54. The summed E-state index contributed by atoms with van der Waals surface area (Å²) >= 11 is 1.58. The van der Waals surface area contributed by atoms with Gasteiger partial charge in [0.2, 0.25) is 0 Å². The average molecular weight is 375 g/mol. The van der Waals surface area contributed by atoms with Crippen LogP contribution >= 0.6 is 11.3 Å². The highest BCUT2D eigenvalue weighted by atomic mass is 32.2. The van der Waals surface area contributed by atoms with E-state index in [2.05, 4.69) is 0 Å². The Hall–Kier alpha value is -0.510. The number of hydrogen-bond acceptors (Lipinski definition) is 5. The summed E-state index contributed by atoms with van der Waals surface area (Å²) in [6, 6.07) is 3.93. The Labute approximate surface area is 148 Å². The molecule has 0 N–H and O–H groups in total. The van der Waals surface area contributed by atoms with Crippen LogP contribution in [0.2, 0.25) is 0 Å². The normalized spacial score (nSPS) is 29.4. The molecule has 136 valence electrons. The van der Waals surface area contributed by atoms with Crippen molar-refractivity contribution in [3.8, 4) is 0 Å². The van der Waals surface area contributed by atoms with Gasteiger partial charge in [0.1, 0.15) is 0 Å². The quantitative estimate of drug-likeness (QED) is 0.765. The Bertz CT molecular complexity index is 604. The lowest BCUT2D eigenvalue weighted by atomic mass is 10.2. The first-order chi connectivity index (χ1) is 11.4. The average Bonchev–Trinajstić information content (AvgIpc) is 3.19. The second-order valence-corrected chi connectivity index (χ2v) is 9.55. The van der Waals surface area contributed by atoms with Crippen molar-refractivity contribution in [1.29, 1.82) is 0 Å². The second-order valence-electron chi connectivity index (χ2n) is 6.59. The molecule has 1 aromatic heterocycles. The van der Waals surface area contributed by atoms with Crippen molar-refractivity contribution in [1.82, 2.24) is 8.61 Å². The van der Waals surface area contributed by atoms with E-state index in [9.17, 15) is 8.42 Å². The van der Waals surface area contributed by atoms with Gasteiger partial charge in [-0.2, -0.15) is 17.0 Å². The summed E-state index contributed by atoms with van der Waals surface area (Å²) in [5, 5.41) is 1.98. The van der Waals surface area contributed by atoms with Gasteiger partial charge in [-0.3, -0.25) is 0 Å². The molecule has 0 aliphatic carbocycles. The number of rotatable bonds is 6. The Balaban J connectivity index is 1.78. The number of hydrogen-bond donors (Lipinski definition) is 0. The minimum absolute atomic E-state index is 0.00405. The molecule has 2 aliphatic rings. The van der Waals surface area contributed by atoms with E-state index in [0.29, 0.717) is 26.2 Å². The third kappa shape index (κ3) is 4.36. The van der Waals surface area contributed by atoms with Crippen LogP contribution in [0.4, 0.5) is 0 Å². The van der Waals surface area contributed by atoms with Gasteiger partial charge in [0.05, 0.1) is 18.3 Å². The molecule has 0 saturated carbocycles. The molecule has 3 atom stereocenters. The van der Waals surface area contributed by atoms with E-state index in [0.717, 1.165) is 24.3 Å². The van der Waals surface area contributed by atoms with Crippen molar-refractivity contribution < 1.29 is 17.9 Å². The van der Waals surface area contributed by atoms with Gasteiger partial charge in [0.15, 0.2) is 0 Å². The summed E-state index contributed by atoms with van der Waals surface area (Å²) in [5.41, 5.74) is 0. The van der Waals surface area contributed by atoms with Gasteiger partial charge >= 0.3 is 0 Å². The van der Waals surface area contributed by atoms with E-state index in [4.69, 9.17) is 9.47 Å². The predicted molar refractivity (Wildman–Crippen MR) is 94.2 cm³/mol. The molecule has 0 amide bonds. The fourth-order valence-electron chi connectivity index (χ4n) is 3.31. The highest BCUT2D eigenvalue weighted by molar-refractivity contribution is 7.86. The molecule has 0 radical (unpaired) electrons. The van der Waals surface area contributed by atoms with E-state index < -0.39 is 10.2 Å². The van der Waals surface area contributed by atoms with Gasteiger partial charge in [-0.25, -0.2) is 0 Å². The van der Waals surface area contributed by atoms with Crippen LogP contribution in [0.3, 0.4) is 0 Å². The lowest BCUT2D eigenvalue weighted by Gasteiger charge is -2.37. The molecule has 0 unspecified atom stereocenters. The molecule has 3 heterocycles. The van der Waals surface area contributed by atoms with Crippen LogP contribution in [0.1, 0.15) is 31.6 Å². The summed E-state index contributed by atoms with van der Waals surface area (Å²) in [7, 11) is -3.54. The van der Waals surface area contributed by atoms with Crippen LogP contribution in [0.25, 0.3) is 0 Å². The van der Waals surface area contributed by atoms with Crippen LogP contribution in [-0.4, -0.2) is 61.6 Å². The van der Waals surface area contributed by atoms with Crippen molar-refractivity contribution in [2.75, 3.05) is 26.2 Å². The fourth-order valence-corrected chi connectivity index (χ4v) is 5.90. The van der Waals surface area contributed by atoms with Gasteiger partial charge in [-0.1, -0.05) is 6.07 Å². The third-order valence-corrected chi connectivity index (χ3v) is 7.12. The molecule has 6 nitrogen and oxygen atoms in total. The summed E-state index contributed by atoms with van der Waals surface area (Å²) in [4.78, 5) is 1.05. The number of nitrogens with zero attached hydrogens (tertiary/aromatic N) is 2. The molecule has 0 aromatic carbocycles. The maximum absolute atomic E-state index is 13.2. The number of thiophene rings is 1. The van der Waals surface area contributed by atoms with E-state index in [-0.39, 0.29) is 18.3 Å². The van der Waals surface area contributed by atoms with Crippen LogP contribution in [0.15, 0.2) is 17.5 Å². The zero-order valence-electron chi connectivity index (χ0n) is 14.3. The second kappa shape index (κ2) is 7.80. The molecular weight excluding hydrogens is 348 g/mol. The predicted octanol–water partition coefficient (Wildman–Crippen LogP) is 2.08. The summed E-state index contributed by atoms with van der Waals surface area (Å²) in [5.74, 6) is 0. The Morgan fingerprint density at radius 3 is 2.67 bits per heavy atom. The van der Waals surface area contributed by atoms with Gasteiger partial charge < -0.3 is 9.47 Å². The first kappa shape index (κ1) is 18.3. The van der Waals surface area contributed by atoms with Crippen molar-refractivity contribution in [2.45, 2.75) is 51.5 Å². The molecule has 0 spiro atoms. The minimum Gasteiger partial charge on any atom is -0.377 e. The zero-order valence-corrected chi connectivity index (χ0v) is 15.9. The molecule has 2 fully saturated rings.